The summed E-state index contributed by atoms with van der Waals surface area (Å²) in [7, 11) is 0. The molecular weight excluding hydrogens is 342 g/mol. The molecule has 0 aromatic heterocycles. The molecule has 0 saturated heterocycles. The van der Waals surface area contributed by atoms with E-state index >= 15 is 0 Å². The molecule has 0 radical (unpaired) electrons. The van der Waals surface area contributed by atoms with Crippen molar-refractivity contribution in [2.45, 2.75) is 25.0 Å². The molecule has 0 heterocycles. The Morgan fingerprint density at radius 2 is 1.50 bits per heavy atom. The number of aryl methyl sites for hydroxylation is 1. The van der Waals surface area contributed by atoms with Crippen molar-refractivity contribution in [3.8, 4) is 0 Å². The van der Waals surface area contributed by atoms with E-state index in [0.717, 1.165) is 18.5 Å². The summed E-state index contributed by atoms with van der Waals surface area (Å²) >= 11 is 0. The number of rotatable bonds is 2. The van der Waals surface area contributed by atoms with Gasteiger partial charge in [0, 0.05) is 5.69 Å². The average Bonchev–Trinajstić information content (AvgIpc) is 2.74. The summed E-state index contributed by atoms with van der Waals surface area (Å²) in [4.78, 5) is 0. The van der Waals surface area contributed by atoms with Crippen LogP contribution in [0.4, 0.5) is 5.69 Å². The molecule has 1 aliphatic carbocycles. The topological polar surface area (TPSA) is 32.3 Å². The number of fused-ring (bicyclic) bond motifs is 2. The van der Waals surface area contributed by atoms with Gasteiger partial charge in [-0.1, -0.05) is 60.7 Å². The highest BCUT2D eigenvalue weighted by Crippen LogP contribution is 2.42. The average molecular weight is 363 g/mol. The first-order valence-corrected chi connectivity index (χ1v) is 9.98. The van der Waals surface area contributed by atoms with Crippen LogP contribution in [0.25, 0.3) is 32.3 Å². The summed E-state index contributed by atoms with van der Waals surface area (Å²) in [5, 5.41) is 22.3. The monoisotopic (exact) mass is 363 g/mol. The highest BCUT2D eigenvalue weighted by atomic mass is 16.3. The lowest BCUT2D eigenvalue weighted by Gasteiger charge is -2.33. The smallest absolute Gasteiger partial charge is 0.0786 e. The van der Waals surface area contributed by atoms with Gasteiger partial charge in [-0.3, -0.25) is 0 Å². The first-order chi connectivity index (χ1) is 13.8. The Labute approximate surface area is 163 Å². The fourth-order valence-corrected chi connectivity index (χ4v) is 5.00. The van der Waals surface area contributed by atoms with E-state index in [-0.39, 0.29) is 12.1 Å². The normalized spacial score (nSPS) is 19.3. The minimum atomic E-state index is -0.388. The molecule has 5 aromatic carbocycles. The number of aliphatic hydroxyl groups excluding tert-OH is 1. The van der Waals surface area contributed by atoms with Gasteiger partial charge in [-0.25, -0.2) is 0 Å². The third-order valence-electron chi connectivity index (χ3n) is 6.30. The van der Waals surface area contributed by atoms with E-state index < -0.39 is 0 Å². The van der Waals surface area contributed by atoms with Gasteiger partial charge in [0.05, 0.1) is 12.1 Å². The molecule has 0 aliphatic heterocycles. The predicted octanol–water partition coefficient (Wildman–Crippen LogP) is 6.04. The van der Waals surface area contributed by atoms with Crippen molar-refractivity contribution in [3.05, 3.63) is 90.0 Å². The molecule has 1 aliphatic rings. The van der Waals surface area contributed by atoms with Crippen molar-refractivity contribution in [1.82, 2.24) is 0 Å². The third-order valence-corrected chi connectivity index (χ3v) is 6.30. The molecule has 2 atom stereocenters. The molecule has 0 spiro atoms. The standard InChI is InChI=1S/C26H21NO/c28-23-14-13-20-21-12-11-17-6-4-5-16-9-10-18(25(21)24(16)17)15-22(20)26(23)27-19-7-2-1-3-8-19/h1-12,15,23,26-28H,13-14H2/t23-,26-/m0/s1. The highest BCUT2D eigenvalue weighted by Gasteiger charge is 2.30. The zero-order chi connectivity index (χ0) is 18.7. The molecule has 0 fully saturated rings. The maximum Gasteiger partial charge on any atom is 0.0786 e. The zero-order valence-electron chi connectivity index (χ0n) is 15.5. The number of nitrogens with one attached hydrogen (secondary N) is 1. The van der Waals surface area contributed by atoms with E-state index in [1.165, 1.54) is 43.4 Å². The van der Waals surface area contributed by atoms with Crippen LogP contribution in [0.2, 0.25) is 0 Å². The van der Waals surface area contributed by atoms with E-state index in [2.05, 4.69) is 66.0 Å². The van der Waals surface area contributed by atoms with E-state index in [1.807, 2.05) is 18.2 Å². The molecule has 5 aromatic rings. The maximum atomic E-state index is 10.8. The van der Waals surface area contributed by atoms with Crippen LogP contribution in [0, 0.1) is 0 Å². The molecule has 0 amide bonds. The van der Waals surface area contributed by atoms with Crippen LogP contribution in [0.1, 0.15) is 23.6 Å². The Bertz CT molecular complexity index is 1290. The van der Waals surface area contributed by atoms with E-state index in [1.54, 1.807) is 0 Å². The quantitative estimate of drug-likeness (QED) is 0.375. The van der Waals surface area contributed by atoms with E-state index in [4.69, 9.17) is 0 Å². The van der Waals surface area contributed by atoms with Crippen LogP contribution in [0.3, 0.4) is 0 Å². The van der Waals surface area contributed by atoms with Gasteiger partial charge in [-0.15, -0.1) is 0 Å². The van der Waals surface area contributed by atoms with Crippen LogP contribution in [-0.4, -0.2) is 11.2 Å². The number of aliphatic hydroxyl groups is 1. The van der Waals surface area contributed by atoms with Crippen molar-refractivity contribution >= 4 is 38.0 Å². The van der Waals surface area contributed by atoms with Gasteiger partial charge in [-0.05, 0) is 74.5 Å². The van der Waals surface area contributed by atoms with Crippen LogP contribution in [0.5, 0.6) is 0 Å². The Morgan fingerprint density at radius 3 is 2.32 bits per heavy atom. The van der Waals surface area contributed by atoms with Gasteiger partial charge in [0.1, 0.15) is 0 Å². The van der Waals surface area contributed by atoms with Gasteiger partial charge in [0.25, 0.3) is 0 Å². The number of hydrogen-bond acceptors (Lipinski definition) is 2. The van der Waals surface area contributed by atoms with E-state index in [0.29, 0.717) is 0 Å². The molecule has 0 unspecified atom stereocenters. The minimum absolute atomic E-state index is 0.0898. The second-order valence-corrected chi connectivity index (χ2v) is 7.89. The summed E-state index contributed by atoms with van der Waals surface area (Å²) in [6, 6.07) is 27.9. The number of hydrogen-bond donors (Lipinski definition) is 2. The molecule has 2 N–H and O–H groups in total. The molecule has 136 valence electrons. The molecule has 0 saturated carbocycles. The maximum absolute atomic E-state index is 10.8. The Morgan fingerprint density at radius 1 is 0.750 bits per heavy atom. The van der Waals surface area contributed by atoms with Gasteiger partial charge < -0.3 is 10.4 Å². The number of para-hydroxylation sites is 1. The zero-order valence-corrected chi connectivity index (χ0v) is 15.5. The summed E-state index contributed by atoms with van der Waals surface area (Å²) in [5.41, 5.74) is 3.66. The second kappa shape index (κ2) is 5.95. The highest BCUT2D eigenvalue weighted by molar-refractivity contribution is 6.23. The summed E-state index contributed by atoms with van der Waals surface area (Å²) in [6.45, 7) is 0. The SMILES string of the molecule is O[C@H]1CCc2c(cc3ccc4cccc5ccc2c3c45)[C@@H]1Nc1ccccc1. The Balaban J connectivity index is 1.62. The molecule has 6 rings (SSSR count). The molecule has 2 heteroatoms. The van der Waals surface area contributed by atoms with Gasteiger partial charge in [-0.2, -0.15) is 0 Å². The van der Waals surface area contributed by atoms with Crippen LogP contribution in [0.15, 0.2) is 78.9 Å². The van der Waals surface area contributed by atoms with Crippen LogP contribution in [-0.2, 0) is 6.42 Å². The third kappa shape index (κ3) is 2.25. The van der Waals surface area contributed by atoms with Crippen LogP contribution < -0.4 is 5.32 Å². The minimum Gasteiger partial charge on any atom is -0.391 e. The lowest BCUT2D eigenvalue weighted by molar-refractivity contribution is 0.136. The van der Waals surface area contributed by atoms with Crippen LogP contribution >= 0.6 is 0 Å². The lowest BCUT2D eigenvalue weighted by Crippen LogP contribution is -2.31. The largest absolute Gasteiger partial charge is 0.391 e. The van der Waals surface area contributed by atoms with Crippen molar-refractivity contribution in [2.75, 3.05) is 5.32 Å². The summed E-state index contributed by atoms with van der Waals surface area (Å²) in [5.74, 6) is 0. The molecule has 0 bridgehead atoms. The van der Waals surface area contributed by atoms with Crippen molar-refractivity contribution in [1.29, 1.82) is 0 Å². The lowest BCUT2D eigenvalue weighted by atomic mass is 9.80. The van der Waals surface area contributed by atoms with Gasteiger partial charge >= 0.3 is 0 Å². The first-order valence-electron chi connectivity index (χ1n) is 9.98. The number of benzene rings is 5. The fraction of sp³-hybridized carbons (Fsp3) is 0.154. The van der Waals surface area contributed by atoms with Crippen molar-refractivity contribution in [2.24, 2.45) is 0 Å². The summed E-state index contributed by atoms with van der Waals surface area (Å²) in [6.07, 6.45) is 1.31. The second-order valence-electron chi connectivity index (χ2n) is 7.89. The summed E-state index contributed by atoms with van der Waals surface area (Å²) < 4.78 is 0. The van der Waals surface area contributed by atoms with E-state index in [9.17, 15) is 5.11 Å². The molecular formula is C26H21NO. The molecule has 28 heavy (non-hydrogen) atoms. The molecule has 2 nitrogen and oxygen atoms in total. The van der Waals surface area contributed by atoms with Gasteiger partial charge in [0.2, 0.25) is 0 Å². The predicted molar refractivity (Wildman–Crippen MR) is 117 cm³/mol. The van der Waals surface area contributed by atoms with Crippen molar-refractivity contribution in [3.63, 3.8) is 0 Å². The Kier molecular flexibility index (Phi) is 3.38. The first kappa shape index (κ1) is 15.9. The fourth-order valence-electron chi connectivity index (χ4n) is 5.00. The number of anilines is 1. The van der Waals surface area contributed by atoms with Crippen molar-refractivity contribution < 1.29 is 5.11 Å². The Hall–Kier alpha value is -3.10. The van der Waals surface area contributed by atoms with Gasteiger partial charge in [0.15, 0.2) is 0 Å².